The fraction of sp³-hybridized carbons (Fsp3) is 0.125. The van der Waals surface area contributed by atoms with E-state index in [1.165, 1.54) is 7.14 Å². The molecule has 1 aliphatic rings. The molecule has 1 heterocycles. The van der Waals surface area contributed by atoms with Gasteiger partial charge in [0.2, 0.25) is 6.10 Å². The first-order valence-electron chi connectivity index (χ1n) is 6.42. The predicted octanol–water partition coefficient (Wildman–Crippen LogP) is -0.964. The van der Waals surface area contributed by atoms with Crippen molar-refractivity contribution in [2.75, 3.05) is 0 Å². The van der Waals surface area contributed by atoms with Crippen molar-refractivity contribution in [3.05, 3.63) is 61.7 Å². The standard InChI is InChI=1S/C16H12IO4/c18-15-10-14(16(19)21-15)20-13-8-6-12(7-9-13)17-11-4-2-1-3-5-11/h1-9,14H,10H2/q+1. The molecular formula is C16H12IO4+. The minimum atomic E-state index is -0.813. The largest absolute Gasteiger partial charge is 0.478 e. The number of hydrogen-bond acceptors (Lipinski definition) is 4. The number of ether oxygens (including phenoxy) is 2. The van der Waals surface area contributed by atoms with Gasteiger partial charge in [0.15, 0.2) is 7.14 Å². The van der Waals surface area contributed by atoms with E-state index < -0.39 is 18.0 Å². The molecule has 0 aromatic heterocycles. The summed E-state index contributed by atoms with van der Waals surface area (Å²) in [4.78, 5) is 22.3. The molecule has 0 spiro atoms. The Labute approximate surface area is 132 Å². The maximum absolute atomic E-state index is 11.3. The number of halogens is 1. The van der Waals surface area contributed by atoms with Crippen LogP contribution in [0.15, 0.2) is 54.6 Å². The van der Waals surface area contributed by atoms with E-state index in [2.05, 4.69) is 16.9 Å². The second kappa shape index (κ2) is 6.26. The van der Waals surface area contributed by atoms with Crippen molar-refractivity contribution in [1.82, 2.24) is 0 Å². The Hall–Kier alpha value is -1.89. The summed E-state index contributed by atoms with van der Waals surface area (Å²) >= 11 is -0.218. The lowest BCUT2D eigenvalue weighted by atomic mass is 10.3. The summed E-state index contributed by atoms with van der Waals surface area (Å²) in [6, 6.07) is 18.0. The van der Waals surface area contributed by atoms with Gasteiger partial charge in [-0.1, -0.05) is 18.2 Å². The van der Waals surface area contributed by atoms with E-state index in [-0.39, 0.29) is 27.6 Å². The van der Waals surface area contributed by atoms with Crippen molar-refractivity contribution in [1.29, 1.82) is 0 Å². The molecule has 0 aliphatic carbocycles. The van der Waals surface area contributed by atoms with Crippen LogP contribution in [0.4, 0.5) is 0 Å². The van der Waals surface area contributed by atoms with Gasteiger partial charge in [-0.15, -0.1) is 0 Å². The van der Waals surface area contributed by atoms with Crippen LogP contribution in [-0.2, 0) is 14.3 Å². The van der Waals surface area contributed by atoms with Crippen LogP contribution >= 0.6 is 0 Å². The van der Waals surface area contributed by atoms with E-state index in [9.17, 15) is 9.59 Å². The third-order valence-electron chi connectivity index (χ3n) is 2.87. The Bertz CT molecular complexity index is 652. The molecule has 2 aromatic carbocycles. The highest BCUT2D eigenvalue weighted by atomic mass is 127. The van der Waals surface area contributed by atoms with Crippen LogP contribution in [0.5, 0.6) is 5.75 Å². The Morgan fingerprint density at radius 3 is 2.24 bits per heavy atom. The number of benzene rings is 2. The van der Waals surface area contributed by atoms with Gasteiger partial charge in [-0.2, -0.15) is 0 Å². The van der Waals surface area contributed by atoms with Crippen molar-refractivity contribution < 1.29 is 40.3 Å². The first-order chi connectivity index (χ1) is 10.2. The monoisotopic (exact) mass is 395 g/mol. The summed E-state index contributed by atoms with van der Waals surface area (Å²) in [7, 11) is 0. The van der Waals surface area contributed by atoms with Crippen LogP contribution in [0.2, 0.25) is 0 Å². The van der Waals surface area contributed by atoms with Crippen LogP contribution < -0.4 is 25.9 Å². The van der Waals surface area contributed by atoms with Crippen LogP contribution in [0.3, 0.4) is 0 Å². The zero-order valence-corrected chi connectivity index (χ0v) is 13.1. The summed E-state index contributed by atoms with van der Waals surface area (Å²) in [5.74, 6) is -0.565. The SMILES string of the molecule is O=C1CC(Oc2ccc([I+]c3ccccc3)cc2)C(=O)O1. The first-order valence-corrected chi connectivity index (χ1v) is 8.57. The number of hydrogen-bond donors (Lipinski definition) is 0. The topological polar surface area (TPSA) is 52.6 Å². The molecule has 1 aliphatic heterocycles. The highest BCUT2D eigenvalue weighted by Crippen LogP contribution is 2.17. The van der Waals surface area contributed by atoms with E-state index >= 15 is 0 Å². The Morgan fingerprint density at radius 2 is 1.62 bits per heavy atom. The number of carbonyl (C=O) groups excluding carboxylic acids is 2. The molecule has 1 unspecified atom stereocenters. The molecule has 5 heteroatoms. The van der Waals surface area contributed by atoms with E-state index in [1.54, 1.807) is 0 Å². The molecule has 21 heavy (non-hydrogen) atoms. The molecule has 1 fully saturated rings. The molecule has 3 rings (SSSR count). The second-order valence-corrected chi connectivity index (χ2v) is 7.48. The molecule has 0 N–H and O–H groups in total. The van der Waals surface area contributed by atoms with Crippen LogP contribution in [-0.4, -0.2) is 18.0 Å². The number of esters is 2. The molecule has 106 valence electrons. The first kappa shape index (κ1) is 14.1. The smallest absolute Gasteiger partial charge is 0.357 e. The van der Waals surface area contributed by atoms with Crippen molar-refractivity contribution in [3.8, 4) is 5.75 Å². The van der Waals surface area contributed by atoms with E-state index in [1.807, 2.05) is 42.5 Å². The summed E-state index contributed by atoms with van der Waals surface area (Å²) in [5.41, 5.74) is 0. The fourth-order valence-electron chi connectivity index (χ4n) is 1.89. The molecule has 0 saturated carbocycles. The van der Waals surface area contributed by atoms with E-state index in [0.717, 1.165) is 0 Å². The van der Waals surface area contributed by atoms with Gasteiger partial charge >= 0.3 is 33.1 Å². The molecule has 4 nitrogen and oxygen atoms in total. The molecule has 1 saturated heterocycles. The minimum Gasteiger partial charge on any atom is -0.478 e. The lowest BCUT2D eigenvalue weighted by Crippen LogP contribution is -3.61. The van der Waals surface area contributed by atoms with Gasteiger partial charge in [0.05, 0.1) is 6.42 Å². The Morgan fingerprint density at radius 1 is 0.952 bits per heavy atom. The molecule has 0 bridgehead atoms. The highest BCUT2D eigenvalue weighted by molar-refractivity contribution is 5.96. The van der Waals surface area contributed by atoms with Crippen LogP contribution in [0.25, 0.3) is 0 Å². The second-order valence-electron chi connectivity index (χ2n) is 4.45. The zero-order valence-electron chi connectivity index (χ0n) is 11.0. The minimum absolute atomic E-state index is 0.0163. The maximum Gasteiger partial charge on any atom is 0.357 e. The van der Waals surface area contributed by atoms with Crippen molar-refractivity contribution in [2.24, 2.45) is 0 Å². The summed E-state index contributed by atoms with van der Waals surface area (Å²) in [6.45, 7) is 0. The van der Waals surface area contributed by atoms with Gasteiger partial charge < -0.3 is 9.47 Å². The molecule has 1 atom stereocenters. The molecule has 0 radical (unpaired) electrons. The quantitative estimate of drug-likeness (QED) is 0.380. The number of cyclic esters (lactones) is 2. The van der Waals surface area contributed by atoms with Gasteiger partial charge in [0.25, 0.3) is 0 Å². The summed E-state index contributed by atoms with van der Waals surface area (Å²) in [6.07, 6.45) is -0.829. The van der Waals surface area contributed by atoms with Crippen molar-refractivity contribution >= 4 is 11.9 Å². The van der Waals surface area contributed by atoms with E-state index in [4.69, 9.17) is 4.74 Å². The highest BCUT2D eigenvalue weighted by Gasteiger charge is 2.35. The normalized spacial score (nSPS) is 17.6. The average Bonchev–Trinajstić information content (AvgIpc) is 2.80. The number of rotatable bonds is 4. The van der Waals surface area contributed by atoms with Crippen molar-refractivity contribution in [3.63, 3.8) is 0 Å². The zero-order chi connectivity index (χ0) is 14.7. The number of carbonyl (C=O) groups is 2. The summed E-state index contributed by atoms with van der Waals surface area (Å²) in [5, 5.41) is 0. The third kappa shape index (κ3) is 3.60. The predicted molar refractivity (Wildman–Crippen MR) is 70.4 cm³/mol. The fourth-order valence-corrected chi connectivity index (χ4v) is 4.10. The maximum atomic E-state index is 11.3. The Balaban J connectivity index is 1.64. The Kier molecular flexibility index (Phi) is 4.19. The molecule has 2 aromatic rings. The van der Waals surface area contributed by atoms with E-state index in [0.29, 0.717) is 5.75 Å². The van der Waals surface area contributed by atoms with Gasteiger partial charge in [-0.3, -0.25) is 4.79 Å². The molecule has 0 amide bonds. The lowest BCUT2D eigenvalue weighted by molar-refractivity contribution is -0.597. The van der Waals surface area contributed by atoms with Gasteiger partial charge in [-0.25, -0.2) is 4.79 Å². The van der Waals surface area contributed by atoms with Gasteiger partial charge in [0, 0.05) is 0 Å². The van der Waals surface area contributed by atoms with Gasteiger partial charge in [0.1, 0.15) is 5.75 Å². The average molecular weight is 395 g/mol. The van der Waals surface area contributed by atoms with Gasteiger partial charge in [-0.05, 0) is 36.4 Å². The van der Waals surface area contributed by atoms with Crippen LogP contribution in [0, 0.1) is 7.14 Å². The lowest BCUT2D eigenvalue weighted by Gasteiger charge is -2.08. The molecular weight excluding hydrogens is 383 g/mol. The van der Waals surface area contributed by atoms with Crippen molar-refractivity contribution in [2.45, 2.75) is 12.5 Å². The summed E-state index contributed by atoms with van der Waals surface area (Å²) < 4.78 is 12.5. The third-order valence-corrected chi connectivity index (χ3v) is 5.56. The van der Waals surface area contributed by atoms with Crippen LogP contribution in [0.1, 0.15) is 6.42 Å².